The van der Waals surface area contributed by atoms with Crippen LogP contribution in [0.4, 0.5) is 0 Å². The molecule has 0 heterocycles. The van der Waals surface area contributed by atoms with Gasteiger partial charge >= 0.3 is 11.9 Å². The van der Waals surface area contributed by atoms with E-state index in [0.29, 0.717) is 12.8 Å². The zero-order valence-corrected chi connectivity index (χ0v) is 15.1. The second-order valence-electron chi connectivity index (χ2n) is 5.82. The van der Waals surface area contributed by atoms with Gasteiger partial charge in [-0.05, 0) is 24.0 Å². The maximum atomic E-state index is 12.0. The Balaban J connectivity index is 1.91. The molecule has 0 aliphatic heterocycles. The molecule has 4 heteroatoms. The average Bonchev–Trinajstić information content (AvgIpc) is 2.70. The van der Waals surface area contributed by atoms with Crippen molar-refractivity contribution in [2.45, 2.75) is 38.9 Å². The number of benzene rings is 2. The number of carbonyl (C=O) groups is 2. The maximum absolute atomic E-state index is 12.0. The first-order valence-corrected chi connectivity index (χ1v) is 8.83. The van der Waals surface area contributed by atoms with E-state index in [1.165, 1.54) is 0 Å². The molecule has 0 amide bonds. The molecule has 2 rings (SSSR count). The summed E-state index contributed by atoms with van der Waals surface area (Å²) in [6, 6.07) is 19.0. The Hall–Kier alpha value is -2.88. The number of esters is 2. The lowest BCUT2D eigenvalue weighted by Crippen LogP contribution is -2.11. The van der Waals surface area contributed by atoms with E-state index >= 15 is 0 Å². The Bertz CT molecular complexity index is 659. The molecule has 0 aliphatic rings. The molecule has 4 nitrogen and oxygen atoms in total. The fourth-order valence-electron chi connectivity index (χ4n) is 2.60. The van der Waals surface area contributed by atoms with E-state index in [0.717, 1.165) is 23.3 Å². The molecule has 0 aliphatic carbocycles. The number of rotatable bonds is 8. The van der Waals surface area contributed by atoms with Gasteiger partial charge in [-0.2, -0.15) is 0 Å². The van der Waals surface area contributed by atoms with Crippen LogP contribution in [-0.2, 0) is 19.1 Å². The van der Waals surface area contributed by atoms with Crippen LogP contribution in [0.2, 0.25) is 0 Å². The van der Waals surface area contributed by atoms with Crippen LogP contribution >= 0.6 is 0 Å². The van der Waals surface area contributed by atoms with Crippen molar-refractivity contribution in [2.75, 3.05) is 0 Å². The minimum absolute atomic E-state index is 0.336. The molecule has 0 spiro atoms. The summed E-state index contributed by atoms with van der Waals surface area (Å²) in [7, 11) is 0. The minimum atomic E-state index is -0.564. The zero-order chi connectivity index (χ0) is 18.8. The van der Waals surface area contributed by atoms with Crippen LogP contribution in [0.15, 0.2) is 72.8 Å². The molecule has 2 atom stereocenters. The van der Waals surface area contributed by atoms with E-state index in [1.54, 1.807) is 0 Å². The van der Waals surface area contributed by atoms with Gasteiger partial charge in [0.15, 0.2) is 0 Å². The van der Waals surface area contributed by atoms with E-state index in [-0.39, 0.29) is 12.2 Å². The summed E-state index contributed by atoms with van der Waals surface area (Å²) in [6.45, 7) is 3.88. The number of hydrogen-bond donors (Lipinski definition) is 0. The third-order valence-corrected chi connectivity index (χ3v) is 3.96. The van der Waals surface area contributed by atoms with Crippen molar-refractivity contribution in [3.05, 3.63) is 83.9 Å². The summed E-state index contributed by atoms with van der Waals surface area (Å²) < 4.78 is 10.8. The van der Waals surface area contributed by atoms with Crippen molar-refractivity contribution in [3.8, 4) is 0 Å². The van der Waals surface area contributed by atoms with Gasteiger partial charge in [-0.1, -0.05) is 74.5 Å². The first kappa shape index (κ1) is 19.4. The minimum Gasteiger partial charge on any atom is -0.454 e. The molecule has 0 radical (unpaired) electrons. The van der Waals surface area contributed by atoms with Gasteiger partial charge in [-0.25, -0.2) is 9.59 Å². The molecule has 26 heavy (non-hydrogen) atoms. The van der Waals surface area contributed by atoms with Crippen LogP contribution in [0, 0.1) is 0 Å². The van der Waals surface area contributed by atoms with Gasteiger partial charge in [0.1, 0.15) is 12.2 Å². The second kappa shape index (κ2) is 10.2. The molecular formula is C22H24O4. The molecule has 0 fully saturated rings. The molecular weight excluding hydrogens is 328 g/mol. The number of carbonyl (C=O) groups excluding carboxylic acids is 2. The fraction of sp³-hybridized carbons (Fsp3) is 0.273. The molecule has 136 valence electrons. The van der Waals surface area contributed by atoms with E-state index in [2.05, 4.69) is 0 Å². The molecule has 0 saturated carbocycles. The normalized spacial score (nSPS) is 13.2. The van der Waals surface area contributed by atoms with Gasteiger partial charge in [0.05, 0.1) is 0 Å². The van der Waals surface area contributed by atoms with E-state index < -0.39 is 11.9 Å². The van der Waals surface area contributed by atoms with Crippen molar-refractivity contribution < 1.29 is 19.1 Å². The van der Waals surface area contributed by atoms with Crippen LogP contribution in [0.25, 0.3) is 0 Å². The topological polar surface area (TPSA) is 52.6 Å². The van der Waals surface area contributed by atoms with Gasteiger partial charge in [0.25, 0.3) is 0 Å². The molecule has 2 aromatic carbocycles. The predicted molar refractivity (Wildman–Crippen MR) is 100 cm³/mol. The van der Waals surface area contributed by atoms with E-state index in [9.17, 15) is 9.59 Å². The van der Waals surface area contributed by atoms with Crippen molar-refractivity contribution in [1.29, 1.82) is 0 Å². The lowest BCUT2D eigenvalue weighted by molar-refractivity contribution is -0.146. The smallest absolute Gasteiger partial charge is 0.331 e. The molecule has 0 saturated heterocycles. The molecule has 0 N–H and O–H groups in total. The van der Waals surface area contributed by atoms with Gasteiger partial charge in [0.2, 0.25) is 0 Å². The van der Waals surface area contributed by atoms with Crippen LogP contribution in [0.5, 0.6) is 0 Å². The van der Waals surface area contributed by atoms with Crippen molar-refractivity contribution in [1.82, 2.24) is 0 Å². The quantitative estimate of drug-likeness (QED) is 0.499. The van der Waals surface area contributed by atoms with Crippen LogP contribution < -0.4 is 0 Å². The fourth-order valence-corrected chi connectivity index (χ4v) is 2.60. The average molecular weight is 352 g/mol. The predicted octanol–water partition coefficient (Wildman–Crippen LogP) is 4.93. The summed E-state index contributed by atoms with van der Waals surface area (Å²) in [5.74, 6) is -1.13. The van der Waals surface area contributed by atoms with Crippen LogP contribution in [0.3, 0.4) is 0 Å². The third-order valence-electron chi connectivity index (χ3n) is 3.96. The Morgan fingerprint density at radius 1 is 0.731 bits per heavy atom. The van der Waals surface area contributed by atoms with Gasteiger partial charge in [-0.15, -0.1) is 0 Å². The van der Waals surface area contributed by atoms with Gasteiger partial charge in [-0.3, -0.25) is 0 Å². The first-order chi connectivity index (χ1) is 12.6. The number of hydrogen-bond acceptors (Lipinski definition) is 4. The first-order valence-electron chi connectivity index (χ1n) is 8.83. The largest absolute Gasteiger partial charge is 0.454 e. The second-order valence-corrected chi connectivity index (χ2v) is 5.82. The Morgan fingerprint density at radius 3 is 1.38 bits per heavy atom. The zero-order valence-electron chi connectivity index (χ0n) is 15.1. The third kappa shape index (κ3) is 5.88. The summed E-state index contributed by atoms with van der Waals surface area (Å²) in [5, 5.41) is 0. The molecule has 0 bridgehead atoms. The van der Waals surface area contributed by atoms with Gasteiger partial charge < -0.3 is 9.47 Å². The van der Waals surface area contributed by atoms with Crippen molar-refractivity contribution >= 4 is 11.9 Å². The van der Waals surface area contributed by atoms with Crippen LogP contribution in [-0.4, -0.2) is 11.9 Å². The van der Waals surface area contributed by atoms with Crippen molar-refractivity contribution in [2.24, 2.45) is 0 Å². The highest BCUT2D eigenvalue weighted by Gasteiger charge is 2.15. The Morgan fingerprint density at radius 2 is 1.08 bits per heavy atom. The lowest BCUT2D eigenvalue weighted by Gasteiger charge is -2.16. The number of ether oxygens (including phenoxy) is 2. The standard InChI is InChI=1S/C22H24O4/c1-3-19(17-11-7-5-8-12-17)25-21(23)15-16-22(24)26-20(4-2)18-13-9-6-10-14-18/h5-16,19-20H,3-4H2,1-2H3. The SMILES string of the molecule is CCC(OC(=O)C=CC(=O)OC(CC)c1ccccc1)c1ccccc1. The summed E-state index contributed by atoms with van der Waals surface area (Å²) in [6.07, 6.45) is 2.87. The van der Waals surface area contributed by atoms with E-state index in [4.69, 9.17) is 9.47 Å². The molecule has 2 aromatic rings. The summed E-state index contributed by atoms with van der Waals surface area (Å²) >= 11 is 0. The summed E-state index contributed by atoms with van der Waals surface area (Å²) in [4.78, 5) is 24.0. The van der Waals surface area contributed by atoms with E-state index in [1.807, 2.05) is 74.5 Å². The van der Waals surface area contributed by atoms with Crippen molar-refractivity contribution in [3.63, 3.8) is 0 Å². The van der Waals surface area contributed by atoms with Gasteiger partial charge in [0, 0.05) is 12.2 Å². The highest BCUT2D eigenvalue weighted by Crippen LogP contribution is 2.22. The lowest BCUT2D eigenvalue weighted by atomic mass is 10.1. The molecule has 0 aromatic heterocycles. The monoisotopic (exact) mass is 352 g/mol. The molecule has 2 unspecified atom stereocenters. The Kier molecular flexibility index (Phi) is 7.62. The highest BCUT2D eigenvalue weighted by atomic mass is 16.5. The Labute approximate surface area is 154 Å². The van der Waals surface area contributed by atoms with Crippen LogP contribution in [0.1, 0.15) is 50.0 Å². The maximum Gasteiger partial charge on any atom is 0.331 e. The highest BCUT2D eigenvalue weighted by molar-refractivity contribution is 5.91. The summed E-state index contributed by atoms with van der Waals surface area (Å²) in [5.41, 5.74) is 1.85.